The van der Waals surface area contributed by atoms with E-state index in [0.29, 0.717) is 19.1 Å². The van der Waals surface area contributed by atoms with E-state index < -0.39 is 0 Å². The van der Waals surface area contributed by atoms with Crippen LogP contribution in [0.2, 0.25) is 5.28 Å². The van der Waals surface area contributed by atoms with Gasteiger partial charge in [0.1, 0.15) is 0 Å². The van der Waals surface area contributed by atoms with E-state index in [4.69, 9.17) is 16.3 Å². The third-order valence-corrected chi connectivity index (χ3v) is 2.61. The summed E-state index contributed by atoms with van der Waals surface area (Å²) in [4.78, 5) is 16.0. The Morgan fingerprint density at radius 2 is 2.16 bits per heavy atom. The molecule has 0 spiro atoms. The minimum Gasteiger partial charge on any atom is -0.464 e. The standard InChI is InChI=1S/C12H14ClN5O/c1-3-19-12-17-10(13)16-11(18-12)15-7-9-6-14-5-4-8(9)2/h4-6H,3,7H2,1-2H3,(H,15,16,17,18). The smallest absolute Gasteiger partial charge is 0.322 e. The van der Waals surface area contributed by atoms with Gasteiger partial charge in [-0.2, -0.15) is 15.0 Å². The molecule has 0 aliphatic carbocycles. The van der Waals surface area contributed by atoms with Crippen molar-refractivity contribution in [3.05, 3.63) is 34.9 Å². The number of anilines is 1. The van der Waals surface area contributed by atoms with E-state index in [2.05, 4.69) is 25.3 Å². The van der Waals surface area contributed by atoms with Crippen molar-refractivity contribution in [3.63, 3.8) is 0 Å². The predicted molar refractivity (Wildman–Crippen MR) is 72.3 cm³/mol. The first-order valence-electron chi connectivity index (χ1n) is 5.86. The van der Waals surface area contributed by atoms with Crippen LogP contribution in [0.1, 0.15) is 18.1 Å². The van der Waals surface area contributed by atoms with Gasteiger partial charge in [0, 0.05) is 18.9 Å². The van der Waals surface area contributed by atoms with Crippen molar-refractivity contribution in [1.82, 2.24) is 19.9 Å². The lowest BCUT2D eigenvalue weighted by Crippen LogP contribution is -2.08. The second-order valence-electron chi connectivity index (χ2n) is 3.80. The topological polar surface area (TPSA) is 72.8 Å². The summed E-state index contributed by atoms with van der Waals surface area (Å²) in [6, 6.07) is 2.16. The molecule has 0 radical (unpaired) electrons. The Morgan fingerprint density at radius 1 is 1.32 bits per heavy atom. The summed E-state index contributed by atoms with van der Waals surface area (Å²) in [7, 11) is 0. The highest BCUT2D eigenvalue weighted by molar-refractivity contribution is 6.28. The number of aryl methyl sites for hydroxylation is 1. The minimum atomic E-state index is 0.101. The summed E-state index contributed by atoms with van der Waals surface area (Å²) in [6.45, 7) is 4.90. The van der Waals surface area contributed by atoms with Crippen molar-refractivity contribution >= 4 is 17.5 Å². The average Bonchev–Trinajstić information content (AvgIpc) is 2.37. The normalized spacial score (nSPS) is 10.3. The molecule has 2 heterocycles. The fourth-order valence-corrected chi connectivity index (χ4v) is 1.61. The number of nitrogens with one attached hydrogen (secondary N) is 1. The Hall–Kier alpha value is -1.95. The highest BCUT2D eigenvalue weighted by Crippen LogP contribution is 2.13. The molecule has 1 N–H and O–H groups in total. The Morgan fingerprint density at radius 3 is 2.89 bits per heavy atom. The average molecular weight is 280 g/mol. The van der Waals surface area contributed by atoms with E-state index >= 15 is 0 Å². The molecule has 0 atom stereocenters. The van der Waals surface area contributed by atoms with Gasteiger partial charge in [0.05, 0.1) is 6.61 Å². The second kappa shape index (κ2) is 6.29. The minimum absolute atomic E-state index is 0.101. The van der Waals surface area contributed by atoms with Crippen molar-refractivity contribution in [2.45, 2.75) is 20.4 Å². The van der Waals surface area contributed by atoms with Crippen LogP contribution >= 0.6 is 11.6 Å². The van der Waals surface area contributed by atoms with Crippen LogP contribution in [0.25, 0.3) is 0 Å². The van der Waals surface area contributed by atoms with Crippen LogP contribution in [0.15, 0.2) is 18.5 Å². The van der Waals surface area contributed by atoms with Crippen molar-refractivity contribution < 1.29 is 4.74 Å². The quantitative estimate of drug-likeness (QED) is 0.905. The largest absolute Gasteiger partial charge is 0.464 e. The molecule has 2 aromatic rings. The molecule has 0 aliphatic rings. The Balaban J connectivity index is 2.09. The number of hydrogen-bond acceptors (Lipinski definition) is 6. The van der Waals surface area contributed by atoms with E-state index in [-0.39, 0.29) is 11.3 Å². The molecule has 0 saturated heterocycles. The Kier molecular flexibility index (Phi) is 4.46. The summed E-state index contributed by atoms with van der Waals surface area (Å²) in [5, 5.41) is 3.18. The maximum absolute atomic E-state index is 5.80. The fraction of sp³-hybridized carbons (Fsp3) is 0.333. The van der Waals surface area contributed by atoms with Crippen LogP contribution in [0, 0.1) is 6.92 Å². The lowest BCUT2D eigenvalue weighted by molar-refractivity contribution is 0.312. The highest BCUT2D eigenvalue weighted by Gasteiger charge is 2.06. The molecule has 7 heteroatoms. The fourth-order valence-electron chi connectivity index (χ4n) is 1.46. The zero-order valence-corrected chi connectivity index (χ0v) is 11.5. The van der Waals surface area contributed by atoms with Gasteiger partial charge in [-0.15, -0.1) is 0 Å². The first-order valence-corrected chi connectivity index (χ1v) is 6.24. The third-order valence-electron chi connectivity index (χ3n) is 2.45. The number of rotatable bonds is 5. The van der Waals surface area contributed by atoms with Crippen molar-refractivity contribution in [3.8, 4) is 6.01 Å². The second-order valence-corrected chi connectivity index (χ2v) is 4.14. The predicted octanol–water partition coefficient (Wildman–Crippen LogP) is 2.24. The highest BCUT2D eigenvalue weighted by atomic mass is 35.5. The molecular weight excluding hydrogens is 266 g/mol. The summed E-state index contributed by atoms with van der Waals surface area (Å²) < 4.78 is 5.20. The number of hydrogen-bond donors (Lipinski definition) is 1. The molecule has 0 saturated carbocycles. The van der Waals surface area contributed by atoms with Gasteiger partial charge >= 0.3 is 6.01 Å². The molecule has 0 unspecified atom stereocenters. The first-order chi connectivity index (χ1) is 9.19. The summed E-state index contributed by atoms with van der Waals surface area (Å²) >= 11 is 5.80. The maximum atomic E-state index is 5.80. The molecule has 0 aliphatic heterocycles. The van der Waals surface area contributed by atoms with Crippen molar-refractivity contribution in [2.24, 2.45) is 0 Å². The summed E-state index contributed by atoms with van der Waals surface area (Å²) in [5.74, 6) is 0.381. The van der Waals surface area contributed by atoms with Crippen LogP contribution in [-0.4, -0.2) is 26.5 Å². The van der Waals surface area contributed by atoms with E-state index in [1.54, 1.807) is 12.4 Å². The van der Waals surface area contributed by atoms with Crippen LogP contribution in [0.5, 0.6) is 6.01 Å². The number of halogens is 1. The van der Waals surface area contributed by atoms with Crippen molar-refractivity contribution in [1.29, 1.82) is 0 Å². The molecule has 0 fully saturated rings. The molecule has 2 rings (SSSR count). The zero-order valence-electron chi connectivity index (χ0n) is 10.7. The molecular formula is C12H14ClN5O. The number of ether oxygens (including phenoxy) is 1. The lowest BCUT2D eigenvalue weighted by atomic mass is 10.2. The molecule has 6 nitrogen and oxygen atoms in total. The van der Waals surface area contributed by atoms with Gasteiger partial charge < -0.3 is 10.1 Å². The SMILES string of the molecule is CCOc1nc(Cl)nc(NCc2cnccc2C)n1. The zero-order chi connectivity index (χ0) is 13.7. The Labute approximate surface area is 116 Å². The number of aromatic nitrogens is 4. The lowest BCUT2D eigenvalue weighted by Gasteiger charge is -2.08. The third kappa shape index (κ3) is 3.75. The number of nitrogens with zero attached hydrogens (tertiary/aromatic N) is 4. The van der Waals surface area contributed by atoms with Gasteiger partial charge in [0.15, 0.2) is 0 Å². The van der Waals surface area contributed by atoms with Gasteiger partial charge in [-0.05, 0) is 42.6 Å². The molecule has 0 bridgehead atoms. The van der Waals surface area contributed by atoms with Gasteiger partial charge in [-0.1, -0.05) is 0 Å². The van der Waals surface area contributed by atoms with Gasteiger partial charge in [-0.3, -0.25) is 4.98 Å². The summed E-state index contributed by atoms with van der Waals surface area (Å²) in [6.07, 6.45) is 3.56. The van der Waals surface area contributed by atoms with Crippen LogP contribution in [0.3, 0.4) is 0 Å². The van der Waals surface area contributed by atoms with E-state index in [0.717, 1.165) is 11.1 Å². The van der Waals surface area contributed by atoms with Gasteiger partial charge in [-0.25, -0.2) is 0 Å². The van der Waals surface area contributed by atoms with Crippen LogP contribution < -0.4 is 10.1 Å². The van der Waals surface area contributed by atoms with Crippen molar-refractivity contribution in [2.75, 3.05) is 11.9 Å². The molecule has 2 aromatic heterocycles. The summed E-state index contributed by atoms with van der Waals surface area (Å²) in [5.41, 5.74) is 2.21. The van der Waals surface area contributed by atoms with Gasteiger partial charge in [0.25, 0.3) is 0 Å². The first kappa shape index (κ1) is 13.5. The molecule has 100 valence electrons. The maximum Gasteiger partial charge on any atom is 0.322 e. The van der Waals surface area contributed by atoms with Crippen LogP contribution in [0.4, 0.5) is 5.95 Å². The van der Waals surface area contributed by atoms with Crippen LogP contribution in [-0.2, 0) is 6.54 Å². The molecule has 19 heavy (non-hydrogen) atoms. The van der Waals surface area contributed by atoms with E-state index in [1.807, 2.05) is 19.9 Å². The van der Waals surface area contributed by atoms with E-state index in [9.17, 15) is 0 Å². The van der Waals surface area contributed by atoms with E-state index in [1.165, 1.54) is 0 Å². The Bertz CT molecular complexity index is 564. The molecule has 0 aromatic carbocycles. The van der Waals surface area contributed by atoms with Gasteiger partial charge in [0.2, 0.25) is 11.2 Å². The monoisotopic (exact) mass is 279 g/mol. The molecule has 0 amide bonds. The number of pyridine rings is 1.